The van der Waals surface area contributed by atoms with Crippen LogP contribution in [0.5, 0.6) is 0 Å². The summed E-state index contributed by atoms with van der Waals surface area (Å²) < 4.78 is 6.16. The third-order valence-corrected chi connectivity index (χ3v) is 5.47. The average molecular weight is 204 g/mol. The van der Waals surface area contributed by atoms with Crippen LogP contribution in [0, 0.1) is 11.8 Å². The molecule has 0 aromatic carbocycles. The van der Waals surface area contributed by atoms with Gasteiger partial charge >= 0.3 is 0 Å². The second-order valence-corrected chi connectivity index (χ2v) is 7.52. The third-order valence-electron chi connectivity index (χ3n) is 3.07. The van der Waals surface area contributed by atoms with Crippen molar-refractivity contribution >= 4 is 8.32 Å². The van der Waals surface area contributed by atoms with E-state index in [1.165, 1.54) is 0 Å². The highest BCUT2D eigenvalue weighted by molar-refractivity contribution is 6.82. The first kappa shape index (κ1) is 9.68. The highest BCUT2D eigenvalue weighted by Gasteiger charge is 2.38. The van der Waals surface area contributed by atoms with Gasteiger partial charge in [-0.3, -0.25) is 0 Å². The predicted molar refractivity (Wildman–Crippen MR) is 62.1 cm³/mol. The van der Waals surface area contributed by atoms with Crippen molar-refractivity contribution in [2.45, 2.75) is 12.7 Å². The fraction of sp³-hybridized carbons (Fsp3) is 0.333. The molecule has 14 heavy (non-hydrogen) atoms. The summed E-state index contributed by atoms with van der Waals surface area (Å²) >= 11 is 0. The topological polar surface area (TPSA) is 9.23 Å². The van der Waals surface area contributed by atoms with Crippen LogP contribution in [0.4, 0.5) is 0 Å². The summed E-state index contributed by atoms with van der Waals surface area (Å²) in [5.41, 5.74) is 3.88. The van der Waals surface area contributed by atoms with Crippen molar-refractivity contribution in [1.29, 1.82) is 0 Å². The smallest absolute Gasteiger partial charge is 0.237 e. The molecule has 0 spiro atoms. The molecule has 0 atom stereocenters. The first-order valence-corrected chi connectivity index (χ1v) is 7.56. The first-order chi connectivity index (χ1) is 6.68. The maximum atomic E-state index is 6.16. The molecule has 1 nitrogen and oxygen atoms in total. The van der Waals surface area contributed by atoms with Crippen LogP contribution in [-0.2, 0) is 4.43 Å². The van der Waals surface area contributed by atoms with Crippen LogP contribution in [-0.4, -0.2) is 14.4 Å². The molecule has 2 rings (SSSR count). The van der Waals surface area contributed by atoms with Crippen molar-refractivity contribution in [3.8, 4) is 0 Å². The lowest BCUT2D eigenvalue weighted by atomic mass is 10.1. The molecule has 0 aliphatic heterocycles. The van der Waals surface area contributed by atoms with Gasteiger partial charge < -0.3 is 4.43 Å². The maximum absolute atomic E-state index is 6.16. The average Bonchev–Trinajstić information content (AvgIpc) is 2.78. The monoisotopic (exact) mass is 204 g/mol. The van der Waals surface area contributed by atoms with Gasteiger partial charge in [-0.05, 0) is 6.55 Å². The van der Waals surface area contributed by atoms with Crippen LogP contribution in [0.25, 0.3) is 0 Å². The molecule has 2 aliphatic rings. The van der Waals surface area contributed by atoms with Gasteiger partial charge in [-0.25, -0.2) is 0 Å². The van der Waals surface area contributed by atoms with Crippen LogP contribution < -0.4 is 0 Å². The van der Waals surface area contributed by atoms with Crippen molar-refractivity contribution in [3.63, 3.8) is 0 Å². The first-order valence-electron chi connectivity index (χ1n) is 5.00. The summed E-state index contributed by atoms with van der Waals surface area (Å²) in [5.74, 6) is 0.957. The van der Waals surface area contributed by atoms with Crippen molar-refractivity contribution in [2.24, 2.45) is 11.8 Å². The highest BCUT2D eigenvalue weighted by atomic mass is 28.4. The lowest BCUT2D eigenvalue weighted by Gasteiger charge is -2.27. The lowest BCUT2D eigenvalue weighted by Crippen LogP contribution is -2.37. The summed E-state index contributed by atoms with van der Waals surface area (Å²) in [7, 11) is -1.86. The van der Waals surface area contributed by atoms with E-state index in [0.717, 1.165) is 0 Å². The van der Waals surface area contributed by atoms with E-state index in [1.54, 1.807) is 0 Å². The quantitative estimate of drug-likeness (QED) is 0.505. The van der Waals surface area contributed by atoms with Gasteiger partial charge in [0.2, 0.25) is 8.32 Å². The van der Waals surface area contributed by atoms with Crippen molar-refractivity contribution in [2.75, 3.05) is 0 Å². The van der Waals surface area contributed by atoms with Crippen LogP contribution in [0.2, 0.25) is 6.55 Å². The standard InChI is InChI=1S/C12H16OSi/c1-4-14(3,5-2)13-12-10-6-7-11(12)9-8-10/h4-12H,1-2H2,3H3. The number of rotatable bonds is 4. The Morgan fingerprint density at radius 1 is 1.07 bits per heavy atom. The number of hydrogen-bond acceptors (Lipinski definition) is 1. The molecule has 0 fully saturated rings. The Morgan fingerprint density at radius 3 is 1.86 bits per heavy atom. The molecule has 0 saturated carbocycles. The summed E-state index contributed by atoms with van der Waals surface area (Å²) in [5, 5.41) is 0. The zero-order chi connectivity index (χ0) is 10.2. The van der Waals surface area contributed by atoms with Crippen molar-refractivity contribution < 1.29 is 4.43 Å². The minimum atomic E-state index is -1.86. The summed E-state index contributed by atoms with van der Waals surface area (Å²) in [6.07, 6.45) is 9.24. The van der Waals surface area contributed by atoms with Gasteiger partial charge in [0.05, 0.1) is 6.10 Å². The number of hydrogen-bond donors (Lipinski definition) is 0. The molecule has 2 aliphatic carbocycles. The van der Waals surface area contributed by atoms with Crippen LogP contribution in [0.1, 0.15) is 0 Å². The molecule has 0 radical (unpaired) electrons. The zero-order valence-corrected chi connectivity index (χ0v) is 9.52. The zero-order valence-electron chi connectivity index (χ0n) is 8.52. The fourth-order valence-electron chi connectivity index (χ4n) is 1.97. The number of fused-ring (bicyclic) bond motifs is 2. The second kappa shape index (κ2) is 3.37. The van der Waals surface area contributed by atoms with E-state index < -0.39 is 8.32 Å². The van der Waals surface area contributed by atoms with E-state index in [-0.39, 0.29) is 0 Å². The largest absolute Gasteiger partial charge is 0.405 e. The van der Waals surface area contributed by atoms with Gasteiger partial charge in [-0.1, -0.05) is 35.7 Å². The third kappa shape index (κ3) is 1.45. The minimum Gasteiger partial charge on any atom is -0.405 e. The van der Waals surface area contributed by atoms with Gasteiger partial charge in [0.15, 0.2) is 0 Å². The summed E-state index contributed by atoms with van der Waals surface area (Å²) in [4.78, 5) is 0. The summed E-state index contributed by atoms with van der Waals surface area (Å²) in [6.45, 7) is 9.81. The molecule has 0 unspecified atom stereocenters. The van der Waals surface area contributed by atoms with Gasteiger partial charge in [0, 0.05) is 11.8 Å². The highest BCUT2D eigenvalue weighted by Crippen LogP contribution is 2.37. The normalized spacial score (nSPS) is 33.6. The molecule has 0 aromatic rings. The van der Waals surface area contributed by atoms with E-state index in [1.807, 2.05) is 11.4 Å². The molecule has 0 heterocycles. The summed E-state index contributed by atoms with van der Waals surface area (Å²) in [6, 6.07) is 0. The van der Waals surface area contributed by atoms with Gasteiger partial charge in [0.25, 0.3) is 0 Å². The predicted octanol–water partition coefficient (Wildman–Crippen LogP) is 2.77. The maximum Gasteiger partial charge on any atom is 0.237 e. The Labute approximate surface area is 86.6 Å². The Kier molecular flexibility index (Phi) is 2.33. The molecule has 74 valence electrons. The molecule has 2 heteroatoms. The van der Waals surface area contributed by atoms with E-state index in [0.29, 0.717) is 17.9 Å². The fourth-order valence-corrected chi connectivity index (χ4v) is 3.23. The molecule has 0 amide bonds. The van der Waals surface area contributed by atoms with Crippen LogP contribution in [0.15, 0.2) is 48.9 Å². The van der Waals surface area contributed by atoms with Crippen LogP contribution in [0.3, 0.4) is 0 Å². The van der Waals surface area contributed by atoms with E-state index in [2.05, 4.69) is 44.0 Å². The molecular formula is C12H16OSi. The minimum absolute atomic E-state index is 0.308. The SMILES string of the molecule is C=C[Si](C)(C=C)OC1C2C=CC1C=C2. The Morgan fingerprint density at radius 2 is 1.50 bits per heavy atom. The van der Waals surface area contributed by atoms with Crippen molar-refractivity contribution in [1.82, 2.24) is 0 Å². The van der Waals surface area contributed by atoms with Gasteiger partial charge in [0.1, 0.15) is 0 Å². The molecule has 2 bridgehead atoms. The van der Waals surface area contributed by atoms with Crippen LogP contribution >= 0.6 is 0 Å². The molecular weight excluding hydrogens is 188 g/mol. The van der Waals surface area contributed by atoms with E-state index in [9.17, 15) is 0 Å². The van der Waals surface area contributed by atoms with E-state index in [4.69, 9.17) is 4.43 Å². The van der Waals surface area contributed by atoms with Crippen molar-refractivity contribution in [3.05, 3.63) is 48.9 Å². The Balaban J connectivity index is 2.06. The van der Waals surface area contributed by atoms with Gasteiger partial charge in [-0.2, -0.15) is 0 Å². The molecule has 0 aromatic heterocycles. The molecule has 0 saturated heterocycles. The Hall–Kier alpha value is -0.863. The van der Waals surface area contributed by atoms with Gasteiger partial charge in [-0.15, -0.1) is 13.2 Å². The van der Waals surface area contributed by atoms with E-state index >= 15 is 0 Å². The molecule has 0 N–H and O–H groups in total. The Bertz CT molecular complexity index is 278. The second-order valence-electron chi connectivity index (χ2n) is 4.10. The lowest BCUT2D eigenvalue weighted by molar-refractivity contribution is 0.169.